The lowest BCUT2D eigenvalue weighted by molar-refractivity contribution is 0.0536. The standard InChI is InChI=1S/C9H10FNO2/c1-6-7(9(12)11-13-2)4-3-5-8(6)10/h3-5H,1-2H3,(H,11,12). The first kappa shape index (κ1) is 9.67. The summed E-state index contributed by atoms with van der Waals surface area (Å²) in [4.78, 5) is 15.6. The fourth-order valence-electron chi connectivity index (χ4n) is 1.00. The Morgan fingerprint density at radius 3 is 2.85 bits per heavy atom. The van der Waals surface area contributed by atoms with Crippen LogP contribution in [0.15, 0.2) is 18.2 Å². The van der Waals surface area contributed by atoms with Crippen LogP contribution < -0.4 is 5.48 Å². The van der Waals surface area contributed by atoms with E-state index in [9.17, 15) is 9.18 Å². The lowest BCUT2D eigenvalue weighted by Crippen LogP contribution is -2.22. The van der Waals surface area contributed by atoms with E-state index in [0.29, 0.717) is 5.56 Å². The van der Waals surface area contributed by atoms with Gasteiger partial charge in [0.2, 0.25) is 0 Å². The molecular weight excluding hydrogens is 173 g/mol. The first-order valence-electron chi connectivity index (χ1n) is 3.75. The second kappa shape index (κ2) is 4.00. The SMILES string of the molecule is CONC(=O)c1cccc(F)c1C. The summed E-state index contributed by atoms with van der Waals surface area (Å²) >= 11 is 0. The number of halogens is 1. The maximum atomic E-state index is 13.0. The highest BCUT2D eigenvalue weighted by molar-refractivity contribution is 5.94. The van der Waals surface area contributed by atoms with Crippen LogP contribution in [-0.4, -0.2) is 13.0 Å². The van der Waals surface area contributed by atoms with Crippen molar-refractivity contribution in [3.05, 3.63) is 35.1 Å². The van der Waals surface area contributed by atoms with Crippen molar-refractivity contribution in [3.63, 3.8) is 0 Å². The Labute approximate surface area is 75.5 Å². The topological polar surface area (TPSA) is 38.3 Å². The van der Waals surface area contributed by atoms with Crippen LogP contribution >= 0.6 is 0 Å². The van der Waals surface area contributed by atoms with E-state index in [1.165, 1.54) is 25.3 Å². The summed E-state index contributed by atoms with van der Waals surface area (Å²) in [5.41, 5.74) is 2.72. The second-order valence-corrected chi connectivity index (χ2v) is 2.55. The number of amides is 1. The molecule has 70 valence electrons. The smallest absolute Gasteiger partial charge is 0.275 e. The maximum absolute atomic E-state index is 13.0. The lowest BCUT2D eigenvalue weighted by atomic mass is 10.1. The van der Waals surface area contributed by atoms with Crippen molar-refractivity contribution < 1.29 is 14.0 Å². The van der Waals surface area contributed by atoms with Gasteiger partial charge in [0.15, 0.2) is 0 Å². The quantitative estimate of drug-likeness (QED) is 0.704. The predicted octanol–water partition coefficient (Wildman–Crippen LogP) is 1.43. The summed E-state index contributed by atoms with van der Waals surface area (Å²) in [5.74, 6) is -0.844. The number of benzene rings is 1. The molecule has 0 radical (unpaired) electrons. The summed E-state index contributed by atoms with van der Waals surface area (Å²) in [6.07, 6.45) is 0. The van der Waals surface area contributed by atoms with Gasteiger partial charge in [0.25, 0.3) is 5.91 Å². The Morgan fingerprint density at radius 1 is 1.54 bits per heavy atom. The number of carbonyl (C=O) groups is 1. The first-order chi connectivity index (χ1) is 6.16. The van der Waals surface area contributed by atoms with Gasteiger partial charge in [0, 0.05) is 5.56 Å². The highest BCUT2D eigenvalue weighted by Gasteiger charge is 2.10. The minimum absolute atomic E-state index is 0.279. The third-order valence-corrected chi connectivity index (χ3v) is 1.71. The summed E-state index contributed by atoms with van der Waals surface area (Å²) in [7, 11) is 1.33. The van der Waals surface area contributed by atoms with Crippen molar-refractivity contribution in [2.75, 3.05) is 7.11 Å². The van der Waals surface area contributed by atoms with E-state index in [-0.39, 0.29) is 5.56 Å². The van der Waals surface area contributed by atoms with Gasteiger partial charge in [0.05, 0.1) is 7.11 Å². The van der Waals surface area contributed by atoms with Gasteiger partial charge in [-0.2, -0.15) is 0 Å². The zero-order valence-electron chi connectivity index (χ0n) is 7.43. The van der Waals surface area contributed by atoms with Crippen molar-refractivity contribution in [2.45, 2.75) is 6.92 Å². The molecule has 1 aromatic rings. The van der Waals surface area contributed by atoms with Crippen LogP contribution in [0.2, 0.25) is 0 Å². The third-order valence-electron chi connectivity index (χ3n) is 1.71. The van der Waals surface area contributed by atoms with Crippen LogP contribution in [0.5, 0.6) is 0 Å². The molecule has 13 heavy (non-hydrogen) atoms. The molecule has 1 rings (SSSR count). The van der Waals surface area contributed by atoms with Gasteiger partial charge < -0.3 is 0 Å². The summed E-state index contributed by atoms with van der Waals surface area (Å²) in [6.45, 7) is 1.54. The average Bonchev–Trinajstić information content (AvgIpc) is 2.10. The zero-order valence-corrected chi connectivity index (χ0v) is 7.43. The Bertz CT molecular complexity index is 325. The molecule has 0 saturated carbocycles. The molecule has 0 unspecified atom stereocenters. The summed E-state index contributed by atoms with van der Waals surface area (Å²) < 4.78 is 13.0. The number of hydrogen-bond acceptors (Lipinski definition) is 2. The van der Waals surface area contributed by atoms with Gasteiger partial charge >= 0.3 is 0 Å². The van der Waals surface area contributed by atoms with Crippen LogP contribution in [-0.2, 0) is 4.84 Å². The molecule has 1 aromatic carbocycles. The van der Waals surface area contributed by atoms with Crippen LogP contribution in [0.1, 0.15) is 15.9 Å². The summed E-state index contributed by atoms with van der Waals surface area (Å²) in [6, 6.07) is 4.32. The fraction of sp³-hybridized carbons (Fsp3) is 0.222. The number of rotatable bonds is 2. The van der Waals surface area contributed by atoms with Crippen molar-refractivity contribution in [2.24, 2.45) is 0 Å². The largest absolute Gasteiger partial charge is 0.277 e. The molecule has 0 saturated heterocycles. The van der Waals surface area contributed by atoms with Crippen LogP contribution in [0.4, 0.5) is 4.39 Å². The Balaban J connectivity index is 3.01. The van der Waals surface area contributed by atoms with E-state index in [4.69, 9.17) is 0 Å². The maximum Gasteiger partial charge on any atom is 0.275 e. The number of nitrogens with one attached hydrogen (secondary N) is 1. The van der Waals surface area contributed by atoms with E-state index in [1.807, 2.05) is 0 Å². The highest BCUT2D eigenvalue weighted by atomic mass is 19.1. The molecule has 0 fully saturated rings. The molecule has 0 aliphatic rings. The van der Waals surface area contributed by atoms with Gasteiger partial charge in [-0.1, -0.05) is 6.07 Å². The van der Waals surface area contributed by atoms with Gasteiger partial charge in [-0.3, -0.25) is 9.63 Å². The van der Waals surface area contributed by atoms with Gasteiger partial charge in [-0.15, -0.1) is 0 Å². The van der Waals surface area contributed by atoms with E-state index >= 15 is 0 Å². The monoisotopic (exact) mass is 183 g/mol. The Morgan fingerprint density at radius 2 is 2.23 bits per heavy atom. The van der Waals surface area contributed by atoms with Crippen LogP contribution in [0.25, 0.3) is 0 Å². The molecule has 4 heteroatoms. The summed E-state index contributed by atoms with van der Waals surface area (Å²) in [5, 5.41) is 0. The minimum atomic E-state index is -0.445. The fourth-order valence-corrected chi connectivity index (χ4v) is 1.00. The van der Waals surface area contributed by atoms with Gasteiger partial charge in [-0.05, 0) is 24.6 Å². The van der Waals surface area contributed by atoms with Crippen molar-refractivity contribution in [3.8, 4) is 0 Å². The van der Waals surface area contributed by atoms with E-state index in [0.717, 1.165) is 0 Å². The second-order valence-electron chi connectivity index (χ2n) is 2.55. The van der Waals surface area contributed by atoms with Gasteiger partial charge in [-0.25, -0.2) is 9.87 Å². The molecule has 0 atom stereocenters. The Kier molecular flexibility index (Phi) is 2.97. The molecule has 0 aliphatic carbocycles. The van der Waals surface area contributed by atoms with E-state index in [1.54, 1.807) is 6.92 Å². The normalized spacial score (nSPS) is 9.77. The molecule has 0 aromatic heterocycles. The van der Waals surface area contributed by atoms with Crippen molar-refractivity contribution in [1.82, 2.24) is 5.48 Å². The lowest BCUT2D eigenvalue weighted by Gasteiger charge is -2.05. The number of hydrogen-bond donors (Lipinski definition) is 1. The van der Waals surface area contributed by atoms with E-state index < -0.39 is 11.7 Å². The molecular formula is C9H10FNO2. The highest BCUT2D eigenvalue weighted by Crippen LogP contribution is 2.11. The number of carbonyl (C=O) groups excluding carboxylic acids is 1. The molecule has 0 aliphatic heterocycles. The molecule has 0 heterocycles. The van der Waals surface area contributed by atoms with Gasteiger partial charge in [0.1, 0.15) is 5.82 Å². The average molecular weight is 183 g/mol. The van der Waals surface area contributed by atoms with Crippen molar-refractivity contribution >= 4 is 5.91 Å². The minimum Gasteiger partial charge on any atom is -0.277 e. The van der Waals surface area contributed by atoms with E-state index in [2.05, 4.69) is 10.3 Å². The molecule has 1 amide bonds. The first-order valence-corrected chi connectivity index (χ1v) is 3.75. The third kappa shape index (κ3) is 2.03. The molecule has 1 N–H and O–H groups in total. The molecule has 3 nitrogen and oxygen atoms in total. The Hall–Kier alpha value is -1.42. The van der Waals surface area contributed by atoms with Crippen LogP contribution in [0, 0.1) is 12.7 Å². The molecule has 0 bridgehead atoms. The zero-order chi connectivity index (χ0) is 9.84. The van der Waals surface area contributed by atoms with Crippen LogP contribution in [0.3, 0.4) is 0 Å². The molecule has 0 spiro atoms. The number of hydroxylamine groups is 1. The van der Waals surface area contributed by atoms with Crippen molar-refractivity contribution in [1.29, 1.82) is 0 Å². The predicted molar refractivity (Wildman–Crippen MR) is 45.6 cm³/mol.